The van der Waals surface area contributed by atoms with E-state index in [2.05, 4.69) is 65.8 Å². The van der Waals surface area contributed by atoms with Gasteiger partial charge in [0, 0.05) is 15.2 Å². The summed E-state index contributed by atoms with van der Waals surface area (Å²) in [6, 6.07) is 6.64. The van der Waals surface area contributed by atoms with Crippen LogP contribution in [-0.4, -0.2) is 11.0 Å². The van der Waals surface area contributed by atoms with Gasteiger partial charge in [0.2, 0.25) is 5.89 Å². The molecule has 2 rings (SSSR count). The topological polar surface area (TPSA) is 38.1 Å². The van der Waals surface area contributed by atoms with Gasteiger partial charge in [-0.2, -0.15) is 0 Å². The average Bonchev–Trinajstić information content (AvgIpc) is 2.78. The van der Waals surface area contributed by atoms with Crippen molar-refractivity contribution in [1.29, 1.82) is 0 Å². The van der Waals surface area contributed by atoms with Gasteiger partial charge >= 0.3 is 0 Å². The molecule has 1 N–H and O–H groups in total. The molecular formula is C14H17IN2O. The molecule has 96 valence electrons. The van der Waals surface area contributed by atoms with E-state index in [-0.39, 0.29) is 0 Å². The third kappa shape index (κ3) is 3.11. The van der Waals surface area contributed by atoms with Crippen LogP contribution in [0.2, 0.25) is 0 Å². The van der Waals surface area contributed by atoms with Crippen molar-refractivity contribution in [2.45, 2.75) is 33.4 Å². The highest BCUT2D eigenvalue weighted by Gasteiger charge is 2.10. The predicted molar refractivity (Wildman–Crippen MR) is 81.4 cm³/mol. The summed E-state index contributed by atoms with van der Waals surface area (Å²) in [5.74, 6) is 1.57. The number of hydrogen-bond acceptors (Lipinski definition) is 3. The molecule has 4 heteroatoms. The van der Waals surface area contributed by atoms with Crippen LogP contribution in [0.15, 0.2) is 28.8 Å². The molecule has 2 aromatic rings. The third-order valence-electron chi connectivity index (χ3n) is 2.67. The van der Waals surface area contributed by atoms with Gasteiger partial charge in [-0.15, -0.1) is 0 Å². The Labute approximate surface area is 121 Å². The van der Waals surface area contributed by atoms with Crippen LogP contribution in [0.1, 0.15) is 25.3 Å². The van der Waals surface area contributed by atoms with E-state index in [1.165, 1.54) is 9.13 Å². The normalized spacial score (nSPS) is 11.2. The minimum Gasteiger partial charge on any atom is -0.439 e. The largest absolute Gasteiger partial charge is 0.439 e. The molecule has 0 fully saturated rings. The minimum absolute atomic E-state index is 0.430. The second-order valence-corrected chi connectivity index (χ2v) is 5.67. The lowest BCUT2D eigenvalue weighted by atomic mass is 10.1. The van der Waals surface area contributed by atoms with Crippen molar-refractivity contribution < 1.29 is 4.42 Å². The predicted octanol–water partition coefficient (Wildman–Crippen LogP) is 3.75. The first kappa shape index (κ1) is 13.5. The Morgan fingerprint density at radius 1 is 1.39 bits per heavy atom. The fourth-order valence-electron chi connectivity index (χ4n) is 1.65. The number of halogens is 1. The molecule has 0 aliphatic carbocycles. The molecule has 0 radical (unpaired) electrons. The quantitative estimate of drug-likeness (QED) is 0.848. The minimum atomic E-state index is 0.430. The highest BCUT2D eigenvalue weighted by molar-refractivity contribution is 14.1. The van der Waals surface area contributed by atoms with E-state index in [9.17, 15) is 0 Å². The molecule has 0 atom stereocenters. The summed E-state index contributed by atoms with van der Waals surface area (Å²) in [6.45, 7) is 6.98. The first-order valence-corrected chi connectivity index (χ1v) is 7.09. The van der Waals surface area contributed by atoms with Crippen molar-refractivity contribution in [3.05, 3.63) is 39.4 Å². The van der Waals surface area contributed by atoms with Crippen molar-refractivity contribution in [2.24, 2.45) is 0 Å². The van der Waals surface area contributed by atoms with Crippen molar-refractivity contribution in [3.63, 3.8) is 0 Å². The molecule has 0 saturated heterocycles. The summed E-state index contributed by atoms with van der Waals surface area (Å²) in [5.41, 5.74) is 2.37. The number of nitrogens with one attached hydrogen (secondary N) is 1. The van der Waals surface area contributed by atoms with E-state index in [1.807, 2.05) is 6.07 Å². The van der Waals surface area contributed by atoms with E-state index in [1.54, 1.807) is 6.20 Å². The van der Waals surface area contributed by atoms with Crippen molar-refractivity contribution in [2.75, 3.05) is 0 Å². The number of aromatic nitrogens is 1. The Morgan fingerprint density at radius 2 is 2.17 bits per heavy atom. The Hall–Kier alpha value is -0.880. The van der Waals surface area contributed by atoms with Crippen LogP contribution < -0.4 is 5.32 Å². The second kappa shape index (κ2) is 5.84. The van der Waals surface area contributed by atoms with Gasteiger partial charge in [-0.3, -0.25) is 0 Å². The number of rotatable bonds is 4. The monoisotopic (exact) mass is 356 g/mol. The Bertz CT molecular complexity index is 534. The van der Waals surface area contributed by atoms with Gasteiger partial charge in [-0.1, -0.05) is 32.0 Å². The summed E-state index contributed by atoms with van der Waals surface area (Å²) in [6.07, 6.45) is 1.80. The van der Waals surface area contributed by atoms with Gasteiger partial charge in [-0.25, -0.2) is 4.98 Å². The molecule has 0 aliphatic heterocycles. The molecule has 0 aliphatic rings. The van der Waals surface area contributed by atoms with Crippen LogP contribution in [0, 0.1) is 10.5 Å². The molecular weight excluding hydrogens is 339 g/mol. The third-order valence-corrected chi connectivity index (χ3v) is 4.10. The first-order valence-electron chi connectivity index (χ1n) is 6.01. The molecule has 1 aromatic heterocycles. The highest BCUT2D eigenvalue weighted by atomic mass is 127. The maximum atomic E-state index is 5.78. The van der Waals surface area contributed by atoms with Crippen molar-refractivity contribution in [3.8, 4) is 11.3 Å². The highest BCUT2D eigenvalue weighted by Crippen LogP contribution is 2.27. The van der Waals surface area contributed by atoms with E-state index in [4.69, 9.17) is 4.42 Å². The Balaban J connectivity index is 2.21. The molecule has 1 aromatic carbocycles. The number of nitrogens with zero attached hydrogens (tertiary/aromatic N) is 1. The molecule has 0 saturated carbocycles. The summed E-state index contributed by atoms with van der Waals surface area (Å²) in [5, 5.41) is 3.29. The zero-order chi connectivity index (χ0) is 13.1. The SMILES string of the molecule is Cc1cccc(-c2cnc(CNC(C)C)o2)c1I. The zero-order valence-corrected chi connectivity index (χ0v) is 13.0. The number of aryl methyl sites for hydroxylation is 1. The molecule has 18 heavy (non-hydrogen) atoms. The van der Waals surface area contributed by atoms with Crippen LogP contribution in [0.3, 0.4) is 0 Å². The van der Waals surface area contributed by atoms with Crippen LogP contribution in [0.5, 0.6) is 0 Å². The van der Waals surface area contributed by atoms with Gasteiger partial charge in [0.25, 0.3) is 0 Å². The maximum Gasteiger partial charge on any atom is 0.208 e. The number of oxazole rings is 1. The van der Waals surface area contributed by atoms with E-state index in [0.29, 0.717) is 12.6 Å². The van der Waals surface area contributed by atoms with E-state index < -0.39 is 0 Å². The fraction of sp³-hybridized carbons (Fsp3) is 0.357. The molecule has 0 bridgehead atoms. The van der Waals surface area contributed by atoms with E-state index >= 15 is 0 Å². The van der Waals surface area contributed by atoms with Crippen molar-refractivity contribution >= 4 is 22.6 Å². The van der Waals surface area contributed by atoms with Crippen LogP contribution in [0.4, 0.5) is 0 Å². The summed E-state index contributed by atoms with van der Waals surface area (Å²) in [4.78, 5) is 4.30. The lowest BCUT2D eigenvalue weighted by Gasteiger charge is -2.05. The molecule has 1 heterocycles. The van der Waals surface area contributed by atoms with Gasteiger partial charge < -0.3 is 9.73 Å². The second-order valence-electron chi connectivity index (χ2n) is 4.59. The van der Waals surface area contributed by atoms with Gasteiger partial charge in [0.15, 0.2) is 5.76 Å². The smallest absolute Gasteiger partial charge is 0.208 e. The number of benzene rings is 1. The lowest BCUT2D eigenvalue weighted by molar-refractivity contribution is 0.459. The summed E-state index contributed by atoms with van der Waals surface area (Å²) in [7, 11) is 0. The van der Waals surface area contributed by atoms with E-state index in [0.717, 1.165) is 17.2 Å². The standard InChI is InChI=1S/C14H17IN2O/c1-9(2)16-8-13-17-7-12(18-13)11-6-4-5-10(3)14(11)15/h4-7,9,16H,8H2,1-3H3. The van der Waals surface area contributed by atoms with Gasteiger partial charge in [0.05, 0.1) is 12.7 Å². The molecule has 3 nitrogen and oxygen atoms in total. The van der Waals surface area contributed by atoms with Crippen LogP contribution >= 0.6 is 22.6 Å². The molecule has 0 amide bonds. The van der Waals surface area contributed by atoms with Gasteiger partial charge in [0.1, 0.15) is 0 Å². The molecule has 0 unspecified atom stereocenters. The zero-order valence-electron chi connectivity index (χ0n) is 10.8. The van der Waals surface area contributed by atoms with Crippen LogP contribution in [0.25, 0.3) is 11.3 Å². The Kier molecular flexibility index (Phi) is 4.40. The first-order chi connectivity index (χ1) is 8.58. The average molecular weight is 356 g/mol. The Morgan fingerprint density at radius 3 is 2.89 bits per heavy atom. The number of hydrogen-bond donors (Lipinski definition) is 1. The maximum absolute atomic E-state index is 5.78. The lowest BCUT2D eigenvalue weighted by Crippen LogP contribution is -2.21. The fourth-order valence-corrected chi connectivity index (χ4v) is 2.27. The van der Waals surface area contributed by atoms with Gasteiger partial charge in [-0.05, 0) is 35.1 Å². The summed E-state index contributed by atoms with van der Waals surface area (Å²) >= 11 is 2.35. The summed E-state index contributed by atoms with van der Waals surface area (Å²) < 4.78 is 6.99. The van der Waals surface area contributed by atoms with Crippen molar-refractivity contribution in [1.82, 2.24) is 10.3 Å². The molecule has 0 spiro atoms. The van der Waals surface area contributed by atoms with Crippen LogP contribution in [-0.2, 0) is 6.54 Å².